The summed E-state index contributed by atoms with van der Waals surface area (Å²) in [5.74, 6) is 1.93. The fraction of sp³-hybridized carbons (Fsp3) is 0.600. The second-order valence-electron chi connectivity index (χ2n) is 5.12. The van der Waals surface area contributed by atoms with Crippen molar-refractivity contribution in [3.63, 3.8) is 0 Å². The van der Waals surface area contributed by atoms with Crippen molar-refractivity contribution in [2.24, 2.45) is 11.7 Å². The van der Waals surface area contributed by atoms with Crippen LogP contribution in [0.3, 0.4) is 0 Å². The Morgan fingerprint density at radius 1 is 1.17 bits per heavy atom. The summed E-state index contributed by atoms with van der Waals surface area (Å²) in [5.41, 5.74) is 7.17. The van der Waals surface area contributed by atoms with Crippen molar-refractivity contribution in [2.45, 2.75) is 43.5 Å². The van der Waals surface area contributed by atoms with E-state index in [0.29, 0.717) is 6.04 Å². The van der Waals surface area contributed by atoms with Gasteiger partial charge in [-0.05, 0) is 61.6 Å². The quantitative estimate of drug-likeness (QED) is 0.796. The molecule has 1 aliphatic rings. The average molecular weight is 264 g/mol. The van der Waals surface area contributed by atoms with Gasteiger partial charge in [-0.2, -0.15) is 0 Å². The van der Waals surface area contributed by atoms with Gasteiger partial charge in [0.15, 0.2) is 0 Å². The molecule has 0 saturated heterocycles. The van der Waals surface area contributed by atoms with Crippen LogP contribution in [0.15, 0.2) is 29.2 Å². The van der Waals surface area contributed by atoms with Crippen LogP contribution < -0.4 is 11.1 Å². The lowest BCUT2D eigenvalue weighted by atomic mass is 9.86. The number of hydrogen-bond donors (Lipinski definition) is 2. The molecule has 0 amide bonds. The first-order valence-corrected chi connectivity index (χ1v) is 7.99. The summed E-state index contributed by atoms with van der Waals surface area (Å²) in [6.45, 7) is 3.28. The smallest absolute Gasteiger partial charge is 0.0341 e. The van der Waals surface area contributed by atoms with E-state index in [1.165, 1.54) is 36.3 Å². The van der Waals surface area contributed by atoms with Crippen molar-refractivity contribution in [1.82, 2.24) is 0 Å². The third-order valence-electron chi connectivity index (χ3n) is 3.65. The van der Waals surface area contributed by atoms with Gasteiger partial charge >= 0.3 is 0 Å². The van der Waals surface area contributed by atoms with Crippen molar-refractivity contribution in [1.29, 1.82) is 0 Å². The topological polar surface area (TPSA) is 38.0 Å². The van der Waals surface area contributed by atoms with E-state index in [0.717, 1.165) is 18.2 Å². The van der Waals surface area contributed by atoms with E-state index in [4.69, 9.17) is 5.73 Å². The van der Waals surface area contributed by atoms with Crippen LogP contribution in [0.4, 0.5) is 5.69 Å². The number of nitrogens with one attached hydrogen (secondary N) is 1. The van der Waals surface area contributed by atoms with E-state index in [-0.39, 0.29) is 0 Å². The molecule has 0 spiro atoms. The van der Waals surface area contributed by atoms with Crippen molar-refractivity contribution in [2.75, 3.05) is 17.6 Å². The van der Waals surface area contributed by atoms with Crippen LogP contribution in [0, 0.1) is 5.92 Å². The highest BCUT2D eigenvalue weighted by atomic mass is 32.2. The molecule has 0 radical (unpaired) electrons. The zero-order chi connectivity index (χ0) is 12.8. The molecule has 2 rings (SSSR count). The molecular formula is C15H24N2S. The van der Waals surface area contributed by atoms with E-state index >= 15 is 0 Å². The maximum atomic E-state index is 5.93. The number of thioether (sulfide) groups is 1. The Kier molecular flexibility index (Phi) is 5.39. The predicted octanol–water partition coefficient (Wildman–Crippen LogP) is 3.73. The van der Waals surface area contributed by atoms with Crippen LogP contribution in [0.2, 0.25) is 0 Å². The van der Waals surface area contributed by atoms with Gasteiger partial charge in [-0.3, -0.25) is 0 Å². The summed E-state index contributed by atoms with van der Waals surface area (Å²) in [7, 11) is 0. The van der Waals surface area contributed by atoms with Crippen molar-refractivity contribution in [3.05, 3.63) is 24.3 Å². The minimum atomic E-state index is 0.451. The molecule has 0 heterocycles. The molecule has 18 heavy (non-hydrogen) atoms. The van der Waals surface area contributed by atoms with Gasteiger partial charge in [0.05, 0.1) is 0 Å². The van der Waals surface area contributed by atoms with Crippen LogP contribution in [-0.2, 0) is 0 Å². The molecule has 1 fully saturated rings. The summed E-state index contributed by atoms with van der Waals surface area (Å²) in [4.78, 5) is 1.35. The maximum absolute atomic E-state index is 5.93. The molecule has 3 N–H and O–H groups in total. The zero-order valence-electron chi connectivity index (χ0n) is 11.2. The van der Waals surface area contributed by atoms with Crippen LogP contribution in [0.5, 0.6) is 0 Å². The maximum Gasteiger partial charge on any atom is 0.0341 e. The molecule has 0 aliphatic heterocycles. The largest absolute Gasteiger partial charge is 0.385 e. The molecule has 1 aromatic rings. The normalized spacial score (nSPS) is 23.9. The number of anilines is 1. The van der Waals surface area contributed by atoms with Crippen molar-refractivity contribution >= 4 is 17.4 Å². The first-order valence-electron chi connectivity index (χ1n) is 7.00. The fourth-order valence-electron chi connectivity index (χ4n) is 2.49. The van der Waals surface area contributed by atoms with Gasteiger partial charge in [-0.25, -0.2) is 0 Å². The van der Waals surface area contributed by atoms with E-state index < -0.39 is 0 Å². The molecule has 0 bridgehead atoms. The van der Waals surface area contributed by atoms with Gasteiger partial charge in [-0.15, -0.1) is 11.8 Å². The van der Waals surface area contributed by atoms with Gasteiger partial charge in [0.1, 0.15) is 0 Å². The Balaban J connectivity index is 1.76. The minimum Gasteiger partial charge on any atom is -0.385 e. The van der Waals surface area contributed by atoms with Crippen LogP contribution >= 0.6 is 11.8 Å². The lowest BCUT2D eigenvalue weighted by Gasteiger charge is -2.26. The number of nitrogens with two attached hydrogens (primary N) is 1. The molecule has 3 heteroatoms. The van der Waals surface area contributed by atoms with Gasteiger partial charge in [0.2, 0.25) is 0 Å². The summed E-state index contributed by atoms with van der Waals surface area (Å²) < 4.78 is 0. The van der Waals surface area contributed by atoms with Gasteiger partial charge in [0, 0.05) is 23.2 Å². The van der Waals surface area contributed by atoms with E-state index in [1.807, 2.05) is 11.8 Å². The number of rotatable bonds is 5. The minimum absolute atomic E-state index is 0.451. The standard InChI is InChI=1S/C15H24N2S/c1-2-18-15-9-7-14(8-10-15)17-11-12-3-5-13(16)6-4-12/h7-10,12-13,17H,2-6,11,16H2,1H3. The monoisotopic (exact) mass is 264 g/mol. The Morgan fingerprint density at radius 2 is 1.83 bits per heavy atom. The van der Waals surface area contributed by atoms with E-state index in [9.17, 15) is 0 Å². The van der Waals surface area contributed by atoms with Crippen LogP contribution in [-0.4, -0.2) is 18.3 Å². The second kappa shape index (κ2) is 7.05. The van der Waals surface area contributed by atoms with Crippen molar-refractivity contribution in [3.8, 4) is 0 Å². The molecule has 0 unspecified atom stereocenters. The van der Waals surface area contributed by atoms with E-state index in [1.54, 1.807) is 0 Å². The van der Waals surface area contributed by atoms with Gasteiger partial charge in [-0.1, -0.05) is 6.92 Å². The number of benzene rings is 1. The lowest BCUT2D eigenvalue weighted by molar-refractivity contribution is 0.339. The Labute approximate surface area is 115 Å². The zero-order valence-corrected chi connectivity index (χ0v) is 12.0. The van der Waals surface area contributed by atoms with Crippen LogP contribution in [0.1, 0.15) is 32.6 Å². The Morgan fingerprint density at radius 3 is 2.44 bits per heavy atom. The molecule has 0 atom stereocenters. The highest BCUT2D eigenvalue weighted by molar-refractivity contribution is 7.99. The van der Waals surface area contributed by atoms with Gasteiger partial charge < -0.3 is 11.1 Å². The SMILES string of the molecule is CCSc1ccc(NCC2CCC(N)CC2)cc1. The third kappa shape index (κ3) is 4.21. The van der Waals surface area contributed by atoms with Gasteiger partial charge in [0.25, 0.3) is 0 Å². The molecule has 1 aliphatic carbocycles. The summed E-state index contributed by atoms with van der Waals surface area (Å²) >= 11 is 1.89. The molecule has 100 valence electrons. The number of hydrogen-bond acceptors (Lipinski definition) is 3. The molecule has 2 nitrogen and oxygen atoms in total. The van der Waals surface area contributed by atoms with Crippen LogP contribution in [0.25, 0.3) is 0 Å². The molecule has 1 aromatic carbocycles. The lowest BCUT2D eigenvalue weighted by Crippen LogP contribution is -2.29. The highest BCUT2D eigenvalue weighted by Gasteiger charge is 2.17. The second-order valence-corrected chi connectivity index (χ2v) is 6.46. The summed E-state index contributed by atoms with van der Waals surface area (Å²) in [6.07, 6.45) is 4.94. The molecule has 1 saturated carbocycles. The van der Waals surface area contributed by atoms with Crippen molar-refractivity contribution < 1.29 is 0 Å². The van der Waals surface area contributed by atoms with E-state index in [2.05, 4.69) is 36.5 Å². The summed E-state index contributed by atoms with van der Waals surface area (Å²) in [5, 5.41) is 3.55. The summed E-state index contributed by atoms with van der Waals surface area (Å²) in [6, 6.07) is 9.23. The Bertz CT molecular complexity index is 342. The molecule has 0 aromatic heterocycles. The fourth-order valence-corrected chi connectivity index (χ4v) is 3.15. The molecular weight excluding hydrogens is 240 g/mol. The predicted molar refractivity (Wildman–Crippen MR) is 81.3 cm³/mol. The highest BCUT2D eigenvalue weighted by Crippen LogP contribution is 2.24. The Hall–Kier alpha value is -0.670. The third-order valence-corrected chi connectivity index (χ3v) is 4.55. The first-order chi connectivity index (χ1) is 8.78. The first kappa shape index (κ1) is 13.8. The average Bonchev–Trinajstić information content (AvgIpc) is 2.40.